The molecule has 0 N–H and O–H groups in total. The number of piperazine rings is 1. The van der Waals surface area contributed by atoms with Gasteiger partial charge in [-0.3, -0.25) is 0 Å². The number of hydrogen-bond donors (Lipinski definition) is 0. The van der Waals surface area contributed by atoms with Crippen LogP contribution in [0.1, 0.15) is 39.2 Å². The highest BCUT2D eigenvalue weighted by molar-refractivity contribution is 7.90. The van der Waals surface area contributed by atoms with E-state index in [2.05, 4.69) is 14.9 Å². The summed E-state index contributed by atoms with van der Waals surface area (Å²) >= 11 is 0. The van der Waals surface area contributed by atoms with Crippen molar-refractivity contribution in [3.63, 3.8) is 0 Å². The number of benzene rings is 1. The van der Waals surface area contributed by atoms with Crippen molar-refractivity contribution in [2.75, 3.05) is 24.2 Å². The van der Waals surface area contributed by atoms with E-state index in [0.717, 1.165) is 25.2 Å². The zero-order valence-electron chi connectivity index (χ0n) is 19.9. The molecule has 1 amide bonds. The third-order valence-electron chi connectivity index (χ3n) is 5.93. The largest absolute Gasteiger partial charge is 0.444 e. The van der Waals surface area contributed by atoms with Crippen LogP contribution in [-0.4, -0.2) is 66.4 Å². The number of carbonyl (C=O) groups is 1. The number of ether oxygens (including phenoxy) is 2. The lowest BCUT2D eigenvalue weighted by atomic mass is 10.1. The molecule has 2 aliphatic heterocycles. The second kappa shape index (κ2) is 8.68. The predicted molar refractivity (Wildman–Crippen MR) is 123 cm³/mol. The highest BCUT2D eigenvalue weighted by Gasteiger charge is 2.43. The standard InChI is InChI=1S/C23H29FN4O5S/c1-14-20(28-15-6-7-16(28)12-27(11-15)22(29)33-23(2,3)4)25-13-26-21(14)32-19-9-8-17(10-18(19)24)34(5,30)31/h8-10,13,15-16H,6-7,11-12H2,1-5H3. The first kappa shape index (κ1) is 24.2. The van der Waals surface area contributed by atoms with E-state index in [-0.39, 0.29) is 34.7 Å². The van der Waals surface area contributed by atoms with E-state index in [1.807, 2.05) is 20.8 Å². The Hall–Kier alpha value is -2.95. The molecule has 1 aromatic heterocycles. The molecule has 2 aliphatic rings. The highest BCUT2D eigenvalue weighted by atomic mass is 32.2. The van der Waals surface area contributed by atoms with Crippen LogP contribution in [0.2, 0.25) is 0 Å². The maximum Gasteiger partial charge on any atom is 0.410 e. The van der Waals surface area contributed by atoms with Crippen molar-refractivity contribution < 1.29 is 27.1 Å². The Labute approximate surface area is 198 Å². The van der Waals surface area contributed by atoms with Crippen LogP contribution in [0.5, 0.6) is 11.6 Å². The van der Waals surface area contributed by atoms with E-state index >= 15 is 0 Å². The van der Waals surface area contributed by atoms with E-state index in [4.69, 9.17) is 9.47 Å². The van der Waals surface area contributed by atoms with Gasteiger partial charge in [-0.2, -0.15) is 0 Å². The van der Waals surface area contributed by atoms with E-state index in [9.17, 15) is 17.6 Å². The van der Waals surface area contributed by atoms with Gasteiger partial charge in [0.05, 0.1) is 10.5 Å². The molecule has 184 valence electrons. The van der Waals surface area contributed by atoms with Crippen molar-refractivity contribution in [2.45, 2.75) is 63.1 Å². The van der Waals surface area contributed by atoms with E-state index in [1.165, 1.54) is 18.5 Å². The summed E-state index contributed by atoms with van der Waals surface area (Å²) in [5.74, 6) is -0.0640. The normalized spacial score (nSPS) is 20.4. The van der Waals surface area contributed by atoms with Crippen molar-refractivity contribution in [3.8, 4) is 11.6 Å². The first-order valence-electron chi connectivity index (χ1n) is 11.1. The van der Waals surface area contributed by atoms with Gasteiger partial charge in [-0.25, -0.2) is 27.6 Å². The molecule has 0 saturated carbocycles. The molecule has 0 radical (unpaired) electrons. The molecule has 0 spiro atoms. The van der Waals surface area contributed by atoms with Gasteiger partial charge in [0.25, 0.3) is 0 Å². The number of likely N-dealkylation sites (tertiary alicyclic amines) is 1. The molecule has 2 saturated heterocycles. The van der Waals surface area contributed by atoms with Gasteiger partial charge in [0.15, 0.2) is 21.4 Å². The zero-order chi connectivity index (χ0) is 24.8. The van der Waals surface area contributed by atoms with Crippen molar-refractivity contribution in [1.29, 1.82) is 0 Å². The van der Waals surface area contributed by atoms with Gasteiger partial charge in [0, 0.05) is 31.4 Å². The third-order valence-corrected chi connectivity index (χ3v) is 7.04. The number of aromatic nitrogens is 2. The lowest BCUT2D eigenvalue weighted by molar-refractivity contribution is 0.0209. The summed E-state index contributed by atoms with van der Waals surface area (Å²) in [4.78, 5) is 25.0. The Balaban J connectivity index is 1.55. The van der Waals surface area contributed by atoms with Crippen LogP contribution in [0.4, 0.5) is 15.0 Å². The lowest BCUT2D eigenvalue weighted by Crippen LogP contribution is -2.56. The highest BCUT2D eigenvalue weighted by Crippen LogP contribution is 2.38. The Kier molecular flexibility index (Phi) is 6.17. The summed E-state index contributed by atoms with van der Waals surface area (Å²) in [5, 5.41) is 0. The van der Waals surface area contributed by atoms with Crippen LogP contribution in [0.25, 0.3) is 0 Å². The summed E-state index contributed by atoms with van der Waals surface area (Å²) in [7, 11) is -3.54. The Morgan fingerprint density at radius 2 is 1.79 bits per heavy atom. The summed E-state index contributed by atoms with van der Waals surface area (Å²) in [5.41, 5.74) is 0.0778. The molecule has 3 heterocycles. The monoisotopic (exact) mass is 492 g/mol. The Bertz CT molecular complexity index is 1200. The van der Waals surface area contributed by atoms with Crippen LogP contribution in [0.15, 0.2) is 29.4 Å². The fraction of sp³-hybridized carbons (Fsp3) is 0.522. The zero-order valence-corrected chi connectivity index (χ0v) is 20.7. The molecule has 11 heteroatoms. The number of hydrogen-bond acceptors (Lipinski definition) is 8. The number of fused-ring (bicyclic) bond motifs is 2. The average molecular weight is 493 g/mol. The summed E-state index contributed by atoms with van der Waals surface area (Å²) in [6, 6.07) is 3.63. The molecule has 2 fully saturated rings. The molecule has 2 atom stereocenters. The Morgan fingerprint density at radius 1 is 1.15 bits per heavy atom. The molecule has 34 heavy (non-hydrogen) atoms. The van der Waals surface area contributed by atoms with Crippen LogP contribution in [0.3, 0.4) is 0 Å². The molecule has 2 aromatic rings. The molecule has 4 rings (SSSR count). The van der Waals surface area contributed by atoms with Gasteiger partial charge in [-0.15, -0.1) is 0 Å². The molecule has 9 nitrogen and oxygen atoms in total. The van der Waals surface area contributed by atoms with Gasteiger partial charge in [0.1, 0.15) is 17.7 Å². The van der Waals surface area contributed by atoms with E-state index in [0.29, 0.717) is 24.5 Å². The number of sulfone groups is 1. The second-order valence-electron chi connectivity index (χ2n) is 9.77. The maximum atomic E-state index is 14.5. The number of halogens is 1. The van der Waals surface area contributed by atoms with Crippen molar-refractivity contribution >= 4 is 21.7 Å². The summed E-state index contributed by atoms with van der Waals surface area (Å²) < 4.78 is 49.1. The average Bonchev–Trinajstić information content (AvgIpc) is 2.97. The smallest absolute Gasteiger partial charge is 0.410 e. The minimum atomic E-state index is -3.54. The van der Waals surface area contributed by atoms with Crippen LogP contribution in [-0.2, 0) is 14.6 Å². The third kappa shape index (κ3) is 4.94. The molecule has 2 bridgehead atoms. The van der Waals surface area contributed by atoms with Gasteiger partial charge in [0.2, 0.25) is 5.88 Å². The Morgan fingerprint density at radius 3 is 2.35 bits per heavy atom. The minimum absolute atomic E-state index is 0.0681. The molecule has 0 aliphatic carbocycles. The lowest BCUT2D eigenvalue weighted by Gasteiger charge is -2.42. The SMILES string of the molecule is Cc1c(Oc2ccc(S(C)(=O)=O)cc2F)ncnc1N1C2CCC1CN(C(=O)OC(C)(C)C)C2. The number of nitrogens with zero attached hydrogens (tertiary/aromatic N) is 4. The molecular formula is C23H29FN4O5S. The fourth-order valence-electron chi connectivity index (χ4n) is 4.41. The topological polar surface area (TPSA) is 102 Å². The summed E-state index contributed by atoms with van der Waals surface area (Å²) in [6.45, 7) is 8.38. The first-order chi connectivity index (χ1) is 15.8. The van der Waals surface area contributed by atoms with Gasteiger partial charge < -0.3 is 19.3 Å². The van der Waals surface area contributed by atoms with Crippen LogP contribution >= 0.6 is 0 Å². The molecular weight excluding hydrogens is 463 g/mol. The van der Waals surface area contributed by atoms with Crippen molar-refractivity contribution in [2.24, 2.45) is 0 Å². The minimum Gasteiger partial charge on any atom is -0.444 e. The van der Waals surface area contributed by atoms with E-state index < -0.39 is 21.3 Å². The quantitative estimate of drug-likeness (QED) is 0.637. The molecule has 2 unspecified atom stereocenters. The fourth-order valence-corrected chi connectivity index (χ4v) is 5.04. The number of anilines is 1. The van der Waals surface area contributed by atoms with Crippen LogP contribution in [0, 0.1) is 12.7 Å². The number of rotatable bonds is 4. The van der Waals surface area contributed by atoms with Gasteiger partial charge in [-0.1, -0.05) is 0 Å². The summed E-state index contributed by atoms with van der Waals surface area (Å²) in [6.07, 6.45) is 3.87. The van der Waals surface area contributed by atoms with Gasteiger partial charge >= 0.3 is 6.09 Å². The first-order valence-corrected chi connectivity index (χ1v) is 13.0. The number of carbonyl (C=O) groups excluding carboxylic acids is 1. The van der Waals surface area contributed by atoms with Gasteiger partial charge in [-0.05, 0) is 58.7 Å². The van der Waals surface area contributed by atoms with E-state index in [1.54, 1.807) is 11.8 Å². The number of amides is 1. The molecule has 1 aromatic carbocycles. The van der Waals surface area contributed by atoms with Crippen molar-refractivity contribution in [3.05, 3.63) is 35.9 Å². The van der Waals surface area contributed by atoms with Crippen LogP contribution < -0.4 is 9.64 Å². The maximum absolute atomic E-state index is 14.5. The second-order valence-corrected chi connectivity index (χ2v) is 11.8. The van der Waals surface area contributed by atoms with Crippen molar-refractivity contribution in [1.82, 2.24) is 14.9 Å². The predicted octanol–water partition coefficient (Wildman–Crippen LogP) is 3.71.